The third-order valence-corrected chi connectivity index (χ3v) is 7.04. The zero-order valence-electron chi connectivity index (χ0n) is 19.5. The van der Waals surface area contributed by atoms with Crippen LogP contribution in [0, 0.1) is 10.1 Å². The van der Waals surface area contributed by atoms with Crippen molar-refractivity contribution >= 4 is 62.2 Å². The number of hydrogen-bond acceptors (Lipinski definition) is 7. The molecule has 4 rings (SSSR count). The van der Waals surface area contributed by atoms with E-state index in [9.17, 15) is 19.7 Å². The van der Waals surface area contributed by atoms with E-state index in [1.165, 1.54) is 17.0 Å². The number of hydrogen-bond donors (Lipinski definition) is 0. The van der Waals surface area contributed by atoms with E-state index in [0.29, 0.717) is 38.1 Å². The molecule has 3 aromatic rings. The van der Waals surface area contributed by atoms with Gasteiger partial charge >= 0.3 is 0 Å². The Morgan fingerprint density at radius 2 is 1.73 bits per heavy atom. The Morgan fingerprint density at radius 3 is 2.38 bits per heavy atom. The predicted molar refractivity (Wildman–Crippen MR) is 146 cm³/mol. The van der Waals surface area contributed by atoms with Crippen molar-refractivity contribution in [1.82, 2.24) is 4.90 Å². The fourth-order valence-corrected chi connectivity index (χ4v) is 5.04. The molecule has 0 radical (unpaired) electrons. The van der Waals surface area contributed by atoms with Gasteiger partial charge in [0.1, 0.15) is 6.61 Å². The van der Waals surface area contributed by atoms with Gasteiger partial charge in [0.25, 0.3) is 16.8 Å². The first-order valence-corrected chi connectivity index (χ1v) is 13.1. The normalized spacial score (nSPS) is 14.4. The molecule has 3 aromatic carbocycles. The molecular weight excluding hydrogens is 584 g/mol. The third kappa shape index (κ3) is 6.51. The van der Waals surface area contributed by atoms with E-state index < -0.39 is 4.92 Å². The van der Waals surface area contributed by atoms with Crippen LogP contribution in [0.1, 0.15) is 23.6 Å². The topological polar surface area (TPSA) is 99.0 Å². The second-order valence-corrected chi connectivity index (χ2v) is 10.2. The maximum absolute atomic E-state index is 13.0. The molecular formula is C26H20BrClN2O6S. The maximum Gasteiger partial charge on any atom is 0.293 e. The van der Waals surface area contributed by atoms with Crippen LogP contribution in [0.3, 0.4) is 0 Å². The molecule has 1 aliphatic heterocycles. The van der Waals surface area contributed by atoms with Gasteiger partial charge in [-0.05, 0) is 93.8 Å². The highest BCUT2D eigenvalue weighted by Gasteiger charge is 2.35. The SMILES string of the molecule is CCOc1cc(/C=C2\SC(=O)N(Cc3ccc(Cl)cc3)C2=O)cc(Br)c1OCc1ccc([N+](=O)[O-])cc1. The van der Waals surface area contributed by atoms with Crippen LogP contribution >= 0.6 is 39.3 Å². The number of non-ortho nitro benzene ring substituents is 1. The smallest absolute Gasteiger partial charge is 0.293 e. The molecule has 11 heteroatoms. The molecule has 1 fully saturated rings. The van der Waals surface area contributed by atoms with Gasteiger partial charge in [0.15, 0.2) is 11.5 Å². The first-order valence-electron chi connectivity index (χ1n) is 11.1. The number of benzene rings is 3. The molecule has 2 amide bonds. The second-order valence-electron chi connectivity index (χ2n) is 7.87. The van der Waals surface area contributed by atoms with Crippen LogP contribution in [0.5, 0.6) is 11.5 Å². The van der Waals surface area contributed by atoms with Crippen molar-refractivity contribution in [1.29, 1.82) is 0 Å². The summed E-state index contributed by atoms with van der Waals surface area (Å²) in [5.41, 5.74) is 2.19. The Morgan fingerprint density at radius 1 is 1.05 bits per heavy atom. The second kappa shape index (κ2) is 11.8. The van der Waals surface area contributed by atoms with Gasteiger partial charge in [-0.25, -0.2) is 0 Å². The Labute approximate surface area is 230 Å². The lowest BCUT2D eigenvalue weighted by atomic mass is 10.1. The highest BCUT2D eigenvalue weighted by atomic mass is 79.9. The highest BCUT2D eigenvalue weighted by Crippen LogP contribution is 2.40. The first-order chi connectivity index (χ1) is 17.7. The summed E-state index contributed by atoms with van der Waals surface area (Å²) in [5.74, 6) is 0.524. The lowest BCUT2D eigenvalue weighted by molar-refractivity contribution is -0.384. The minimum Gasteiger partial charge on any atom is -0.490 e. The molecule has 1 saturated heterocycles. The Kier molecular flexibility index (Phi) is 8.52. The zero-order valence-corrected chi connectivity index (χ0v) is 22.6. The van der Waals surface area contributed by atoms with Gasteiger partial charge < -0.3 is 9.47 Å². The lowest BCUT2D eigenvalue weighted by Crippen LogP contribution is -2.27. The average molecular weight is 604 g/mol. The minimum atomic E-state index is -0.459. The van der Waals surface area contributed by atoms with Crippen LogP contribution in [0.25, 0.3) is 6.08 Å². The van der Waals surface area contributed by atoms with Gasteiger partial charge in [0.05, 0.1) is 27.5 Å². The number of ether oxygens (including phenoxy) is 2. The molecule has 0 unspecified atom stereocenters. The monoisotopic (exact) mass is 602 g/mol. The van der Waals surface area contributed by atoms with E-state index in [1.54, 1.807) is 54.6 Å². The summed E-state index contributed by atoms with van der Waals surface area (Å²) in [4.78, 5) is 37.4. The molecule has 0 saturated carbocycles. The molecule has 0 N–H and O–H groups in total. The van der Waals surface area contributed by atoms with Crippen LogP contribution in [-0.4, -0.2) is 27.6 Å². The minimum absolute atomic E-state index is 0.00173. The molecule has 1 heterocycles. The predicted octanol–water partition coefficient (Wildman–Crippen LogP) is 7.22. The van der Waals surface area contributed by atoms with E-state index in [-0.39, 0.29) is 30.0 Å². The largest absolute Gasteiger partial charge is 0.490 e. The standard InChI is InChI=1S/C26H20BrClN2O6S/c1-2-35-22-12-18(11-21(27)24(22)36-15-17-5-9-20(10-6-17)30(33)34)13-23-25(31)29(26(32)37-23)14-16-3-7-19(28)8-4-16/h3-13H,2,14-15H2,1H3/b23-13-. The van der Waals surface area contributed by atoms with Crippen LogP contribution in [-0.2, 0) is 17.9 Å². The van der Waals surface area contributed by atoms with Crippen LogP contribution in [0.2, 0.25) is 5.02 Å². The van der Waals surface area contributed by atoms with E-state index in [0.717, 1.165) is 22.9 Å². The molecule has 8 nitrogen and oxygen atoms in total. The number of thioether (sulfide) groups is 1. The van der Waals surface area contributed by atoms with Crippen LogP contribution in [0.4, 0.5) is 10.5 Å². The molecule has 37 heavy (non-hydrogen) atoms. The number of carbonyl (C=O) groups excluding carboxylic acids is 2. The number of nitro groups is 1. The Hall–Kier alpha value is -3.34. The molecule has 0 spiro atoms. The molecule has 1 aliphatic rings. The highest BCUT2D eigenvalue weighted by molar-refractivity contribution is 9.10. The van der Waals surface area contributed by atoms with Crippen molar-refractivity contribution in [3.05, 3.63) is 102 Å². The van der Waals surface area contributed by atoms with Crippen molar-refractivity contribution in [3.63, 3.8) is 0 Å². The molecule has 0 atom stereocenters. The van der Waals surface area contributed by atoms with E-state index in [2.05, 4.69) is 15.9 Å². The zero-order chi connectivity index (χ0) is 26.5. The third-order valence-electron chi connectivity index (χ3n) is 5.29. The van der Waals surface area contributed by atoms with Crippen molar-refractivity contribution in [2.24, 2.45) is 0 Å². The molecule has 190 valence electrons. The fourth-order valence-electron chi connectivity index (χ4n) is 3.50. The number of halogens is 2. The summed E-state index contributed by atoms with van der Waals surface area (Å²) in [6, 6.07) is 16.6. The summed E-state index contributed by atoms with van der Waals surface area (Å²) >= 11 is 10.3. The maximum atomic E-state index is 13.0. The number of nitro benzene ring substituents is 1. The van der Waals surface area contributed by atoms with E-state index in [1.807, 2.05) is 6.92 Å². The summed E-state index contributed by atoms with van der Waals surface area (Å²) in [5, 5.41) is 11.1. The Balaban J connectivity index is 1.52. The summed E-state index contributed by atoms with van der Waals surface area (Å²) in [6.45, 7) is 2.53. The first kappa shape index (κ1) is 26.7. The summed E-state index contributed by atoms with van der Waals surface area (Å²) in [7, 11) is 0. The van der Waals surface area contributed by atoms with Gasteiger partial charge in [-0.15, -0.1) is 0 Å². The molecule has 0 aliphatic carbocycles. The number of nitrogens with zero attached hydrogens (tertiary/aromatic N) is 2. The van der Waals surface area contributed by atoms with E-state index >= 15 is 0 Å². The van der Waals surface area contributed by atoms with Crippen LogP contribution < -0.4 is 9.47 Å². The van der Waals surface area contributed by atoms with Gasteiger partial charge in [0.2, 0.25) is 0 Å². The van der Waals surface area contributed by atoms with Gasteiger partial charge in [0, 0.05) is 17.2 Å². The van der Waals surface area contributed by atoms with Gasteiger partial charge in [-0.3, -0.25) is 24.6 Å². The van der Waals surface area contributed by atoms with Crippen molar-refractivity contribution in [2.75, 3.05) is 6.61 Å². The van der Waals surface area contributed by atoms with Crippen molar-refractivity contribution in [3.8, 4) is 11.5 Å². The van der Waals surface area contributed by atoms with Crippen molar-refractivity contribution in [2.45, 2.75) is 20.1 Å². The Bertz CT molecular complexity index is 1380. The number of imide groups is 1. The lowest BCUT2D eigenvalue weighted by Gasteiger charge is -2.15. The molecule has 0 aromatic heterocycles. The fraction of sp³-hybridized carbons (Fsp3) is 0.154. The number of rotatable bonds is 9. The summed E-state index contributed by atoms with van der Waals surface area (Å²) in [6.07, 6.45) is 1.64. The molecule has 0 bridgehead atoms. The van der Waals surface area contributed by atoms with Gasteiger partial charge in [-0.2, -0.15) is 0 Å². The number of amides is 2. The van der Waals surface area contributed by atoms with Crippen LogP contribution in [0.15, 0.2) is 70.0 Å². The van der Waals surface area contributed by atoms with Gasteiger partial charge in [-0.1, -0.05) is 23.7 Å². The number of carbonyl (C=O) groups is 2. The van der Waals surface area contributed by atoms with Crippen molar-refractivity contribution < 1.29 is 24.0 Å². The summed E-state index contributed by atoms with van der Waals surface area (Å²) < 4.78 is 12.3. The van der Waals surface area contributed by atoms with E-state index in [4.69, 9.17) is 21.1 Å². The quantitative estimate of drug-likeness (QED) is 0.145. The average Bonchev–Trinajstić information content (AvgIpc) is 3.12.